The van der Waals surface area contributed by atoms with E-state index < -0.39 is 11.6 Å². The molecule has 0 heterocycles. The average molecular weight is 287 g/mol. The number of nitrogens with one attached hydrogen (secondary N) is 1. The topological polar surface area (TPSA) is 12.0 Å². The Kier molecular flexibility index (Phi) is 3.91. The van der Waals surface area contributed by atoms with E-state index in [1.165, 1.54) is 30.0 Å². The summed E-state index contributed by atoms with van der Waals surface area (Å²) < 4.78 is 26.9. The summed E-state index contributed by atoms with van der Waals surface area (Å²) in [7, 11) is 0. The Bertz CT molecular complexity index is 652. The Labute approximate surface area is 124 Å². The molecule has 2 aromatic carbocycles. The van der Waals surface area contributed by atoms with Gasteiger partial charge in [-0.25, -0.2) is 8.78 Å². The highest BCUT2D eigenvalue weighted by atomic mass is 19.1. The fraction of sp³-hybridized carbons (Fsp3) is 0.333. The molecular formula is C18H19F2N. The first kappa shape index (κ1) is 14.1. The predicted octanol–water partition coefficient (Wildman–Crippen LogP) is 5.02. The van der Waals surface area contributed by atoms with Crippen LogP contribution in [0.3, 0.4) is 0 Å². The van der Waals surface area contributed by atoms with Gasteiger partial charge in [0.05, 0.1) is 5.69 Å². The molecule has 1 N–H and O–H groups in total. The summed E-state index contributed by atoms with van der Waals surface area (Å²) in [5.41, 5.74) is 4.14. The van der Waals surface area contributed by atoms with Gasteiger partial charge < -0.3 is 5.32 Å². The van der Waals surface area contributed by atoms with E-state index in [-0.39, 0.29) is 11.7 Å². The van der Waals surface area contributed by atoms with Gasteiger partial charge in [-0.1, -0.05) is 18.2 Å². The van der Waals surface area contributed by atoms with Crippen molar-refractivity contribution >= 4 is 5.69 Å². The van der Waals surface area contributed by atoms with Gasteiger partial charge in [-0.3, -0.25) is 0 Å². The summed E-state index contributed by atoms with van der Waals surface area (Å²) in [6.07, 6.45) is 4.76. The molecule has 1 aliphatic carbocycles. The standard InChI is InChI=1S/C18H19F2N/c1-12(21-18-11-16(19)8-9-17(18)20)14-7-6-13-4-2-3-5-15(13)10-14/h6-12,21H,2-5H2,1H3. The Hall–Kier alpha value is -1.90. The van der Waals surface area contributed by atoms with Gasteiger partial charge in [0, 0.05) is 6.04 Å². The average Bonchev–Trinajstić information content (AvgIpc) is 2.50. The summed E-state index contributed by atoms with van der Waals surface area (Å²) >= 11 is 0. The second kappa shape index (κ2) is 5.84. The van der Waals surface area contributed by atoms with Crippen LogP contribution in [0.15, 0.2) is 36.4 Å². The smallest absolute Gasteiger partial charge is 0.146 e. The fourth-order valence-electron chi connectivity index (χ4n) is 2.95. The molecule has 1 unspecified atom stereocenters. The minimum atomic E-state index is -0.434. The lowest BCUT2D eigenvalue weighted by molar-refractivity contribution is 0.600. The lowest BCUT2D eigenvalue weighted by Crippen LogP contribution is -2.10. The molecule has 0 amide bonds. The summed E-state index contributed by atoms with van der Waals surface area (Å²) in [6, 6.07) is 9.87. The van der Waals surface area contributed by atoms with E-state index in [0.29, 0.717) is 0 Å². The molecule has 21 heavy (non-hydrogen) atoms. The number of halogens is 2. The maximum Gasteiger partial charge on any atom is 0.146 e. The third-order valence-electron chi connectivity index (χ3n) is 4.17. The molecule has 0 aliphatic heterocycles. The second-order valence-corrected chi connectivity index (χ2v) is 5.73. The molecule has 2 aromatic rings. The largest absolute Gasteiger partial charge is 0.376 e. The van der Waals surface area contributed by atoms with Crippen molar-refractivity contribution in [3.63, 3.8) is 0 Å². The van der Waals surface area contributed by atoms with Crippen LogP contribution in [0.1, 0.15) is 42.5 Å². The highest BCUT2D eigenvalue weighted by Gasteiger charge is 2.13. The van der Waals surface area contributed by atoms with Crippen molar-refractivity contribution in [3.05, 3.63) is 64.7 Å². The number of aryl methyl sites for hydroxylation is 2. The maximum atomic E-state index is 13.7. The van der Waals surface area contributed by atoms with Gasteiger partial charge >= 0.3 is 0 Å². The van der Waals surface area contributed by atoms with Gasteiger partial charge in [-0.15, -0.1) is 0 Å². The Morgan fingerprint density at radius 3 is 2.52 bits per heavy atom. The maximum absolute atomic E-state index is 13.7. The quantitative estimate of drug-likeness (QED) is 0.836. The van der Waals surface area contributed by atoms with E-state index in [1.54, 1.807) is 0 Å². The molecule has 0 fully saturated rings. The third kappa shape index (κ3) is 3.07. The van der Waals surface area contributed by atoms with Gasteiger partial charge in [0.25, 0.3) is 0 Å². The van der Waals surface area contributed by atoms with Gasteiger partial charge in [0.15, 0.2) is 0 Å². The number of benzene rings is 2. The highest BCUT2D eigenvalue weighted by Crippen LogP contribution is 2.27. The number of hydrogen-bond acceptors (Lipinski definition) is 1. The summed E-state index contributed by atoms with van der Waals surface area (Å²) in [5, 5.41) is 3.06. The number of hydrogen-bond donors (Lipinski definition) is 1. The predicted molar refractivity (Wildman–Crippen MR) is 81.5 cm³/mol. The van der Waals surface area contributed by atoms with Crippen LogP contribution in [0.4, 0.5) is 14.5 Å². The Morgan fingerprint density at radius 1 is 0.952 bits per heavy atom. The van der Waals surface area contributed by atoms with Crippen LogP contribution >= 0.6 is 0 Å². The van der Waals surface area contributed by atoms with Crippen LogP contribution in [0.5, 0.6) is 0 Å². The second-order valence-electron chi connectivity index (χ2n) is 5.73. The van der Waals surface area contributed by atoms with Crippen molar-refractivity contribution in [2.45, 2.75) is 38.6 Å². The van der Waals surface area contributed by atoms with E-state index in [4.69, 9.17) is 0 Å². The number of anilines is 1. The molecule has 1 nitrogen and oxygen atoms in total. The van der Waals surface area contributed by atoms with Crippen LogP contribution in [-0.2, 0) is 12.8 Å². The highest BCUT2D eigenvalue weighted by molar-refractivity contribution is 5.47. The Morgan fingerprint density at radius 2 is 1.71 bits per heavy atom. The normalized spacial score (nSPS) is 15.4. The Balaban J connectivity index is 1.82. The minimum Gasteiger partial charge on any atom is -0.376 e. The first-order valence-corrected chi connectivity index (χ1v) is 7.47. The summed E-state index contributed by atoms with van der Waals surface area (Å²) in [4.78, 5) is 0. The number of fused-ring (bicyclic) bond motifs is 1. The van der Waals surface area contributed by atoms with Crippen molar-refractivity contribution in [1.29, 1.82) is 0 Å². The van der Waals surface area contributed by atoms with Crippen molar-refractivity contribution in [3.8, 4) is 0 Å². The molecule has 0 radical (unpaired) electrons. The van der Waals surface area contributed by atoms with Gasteiger partial charge in [-0.2, -0.15) is 0 Å². The van der Waals surface area contributed by atoms with Gasteiger partial charge in [0.2, 0.25) is 0 Å². The monoisotopic (exact) mass is 287 g/mol. The van der Waals surface area contributed by atoms with Crippen molar-refractivity contribution in [2.75, 3.05) is 5.32 Å². The first-order valence-electron chi connectivity index (χ1n) is 7.47. The van der Waals surface area contributed by atoms with Crippen LogP contribution in [0, 0.1) is 11.6 Å². The zero-order valence-corrected chi connectivity index (χ0v) is 12.1. The van der Waals surface area contributed by atoms with Crippen molar-refractivity contribution in [1.82, 2.24) is 0 Å². The van der Waals surface area contributed by atoms with Crippen molar-refractivity contribution < 1.29 is 8.78 Å². The van der Waals surface area contributed by atoms with Crippen LogP contribution in [0.25, 0.3) is 0 Å². The zero-order chi connectivity index (χ0) is 14.8. The van der Waals surface area contributed by atoms with E-state index in [1.807, 2.05) is 6.92 Å². The molecule has 1 atom stereocenters. The molecular weight excluding hydrogens is 268 g/mol. The van der Waals surface area contributed by atoms with Gasteiger partial charge in [0.1, 0.15) is 11.6 Å². The van der Waals surface area contributed by atoms with Crippen LogP contribution in [-0.4, -0.2) is 0 Å². The SMILES string of the molecule is CC(Nc1cc(F)ccc1F)c1ccc2c(c1)CCCC2. The number of rotatable bonds is 3. The molecule has 0 spiro atoms. The van der Waals surface area contributed by atoms with E-state index in [9.17, 15) is 8.78 Å². The fourth-order valence-corrected chi connectivity index (χ4v) is 2.95. The molecule has 0 saturated heterocycles. The van der Waals surface area contributed by atoms with Crippen LogP contribution in [0.2, 0.25) is 0 Å². The third-order valence-corrected chi connectivity index (χ3v) is 4.17. The molecule has 3 rings (SSSR count). The first-order chi connectivity index (χ1) is 10.1. The molecule has 110 valence electrons. The van der Waals surface area contributed by atoms with Gasteiger partial charge in [-0.05, 0) is 67.5 Å². The zero-order valence-electron chi connectivity index (χ0n) is 12.1. The molecule has 0 bridgehead atoms. The van der Waals surface area contributed by atoms with E-state index in [2.05, 4.69) is 23.5 Å². The van der Waals surface area contributed by atoms with Crippen molar-refractivity contribution in [2.24, 2.45) is 0 Å². The summed E-state index contributed by atoms with van der Waals surface area (Å²) in [5.74, 6) is -0.863. The lowest BCUT2D eigenvalue weighted by atomic mass is 9.89. The minimum absolute atomic E-state index is 0.0615. The lowest BCUT2D eigenvalue weighted by Gasteiger charge is -2.21. The molecule has 0 saturated carbocycles. The molecule has 3 heteroatoms. The van der Waals surface area contributed by atoms with E-state index >= 15 is 0 Å². The van der Waals surface area contributed by atoms with E-state index in [0.717, 1.165) is 30.5 Å². The van der Waals surface area contributed by atoms with Crippen LogP contribution < -0.4 is 5.32 Å². The molecule has 0 aromatic heterocycles. The molecule has 1 aliphatic rings. The summed E-state index contributed by atoms with van der Waals surface area (Å²) in [6.45, 7) is 1.97.